The number of nitro benzene ring substituents is 1. The number of ether oxygens (including phenoxy) is 1. The van der Waals surface area contributed by atoms with E-state index in [0.717, 1.165) is 16.7 Å². The van der Waals surface area contributed by atoms with Crippen LogP contribution in [0.4, 0.5) is 16.2 Å². The lowest BCUT2D eigenvalue weighted by atomic mass is 9.97. The summed E-state index contributed by atoms with van der Waals surface area (Å²) in [4.78, 5) is 45.2. The summed E-state index contributed by atoms with van der Waals surface area (Å²) in [5, 5.41) is 11.4. The third-order valence-corrected chi connectivity index (χ3v) is 7.41. The molecule has 1 atom stereocenters. The van der Waals surface area contributed by atoms with Gasteiger partial charge < -0.3 is 14.6 Å². The number of esters is 1. The Morgan fingerprint density at radius 2 is 1.35 bits per heavy atom. The average molecular weight is 573 g/mol. The van der Waals surface area contributed by atoms with Gasteiger partial charge in [-0.25, -0.2) is 9.59 Å². The molecule has 43 heavy (non-hydrogen) atoms. The minimum atomic E-state index is -0.647. The first-order valence-electron chi connectivity index (χ1n) is 13.8. The van der Waals surface area contributed by atoms with Crippen LogP contribution in [0.15, 0.2) is 121 Å². The predicted octanol–water partition coefficient (Wildman–Crippen LogP) is 7.01. The first-order valence-corrected chi connectivity index (χ1v) is 13.8. The van der Waals surface area contributed by atoms with E-state index >= 15 is 0 Å². The van der Waals surface area contributed by atoms with Crippen LogP contribution in [0.5, 0.6) is 0 Å². The van der Waals surface area contributed by atoms with Crippen molar-refractivity contribution in [3.05, 3.63) is 165 Å². The molecule has 0 spiro atoms. The van der Waals surface area contributed by atoms with Crippen molar-refractivity contribution in [1.29, 1.82) is 0 Å². The number of aromatic amines is 1. The number of nitro groups is 1. The zero-order valence-corrected chi connectivity index (χ0v) is 23.1. The Bertz CT molecular complexity index is 1740. The highest BCUT2D eigenvalue weighted by atomic mass is 16.6. The Kier molecular flexibility index (Phi) is 7.69. The summed E-state index contributed by atoms with van der Waals surface area (Å²) in [5.41, 5.74) is 4.68. The highest BCUT2D eigenvalue weighted by Crippen LogP contribution is 2.42. The number of fused-ring (bicyclic) bond motifs is 1. The number of urea groups is 1. The lowest BCUT2D eigenvalue weighted by Gasteiger charge is -2.41. The number of non-ortho nitro benzene ring substituents is 1. The summed E-state index contributed by atoms with van der Waals surface area (Å²) < 4.78 is 5.62. The average Bonchev–Trinajstić information content (AvgIpc) is 3.49. The van der Waals surface area contributed by atoms with Crippen molar-refractivity contribution in [3.63, 3.8) is 0 Å². The Balaban J connectivity index is 1.44. The van der Waals surface area contributed by atoms with E-state index in [-0.39, 0.29) is 37.1 Å². The maximum absolute atomic E-state index is 14.4. The molecule has 1 aliphatic heterocycles. The third-order valence-electron chi connectivity index (χ3n) is 7.41. The number of amides is 2. The van der Waals surface area contributed by atoms with Gasteiger partial charge in [-0.15, -0.1) is 0 Å². The van der Waals surface area contributed by atoms with Crippen LogP contribution in [-0.2, 0) is 24.4 Å². The van der Waals surface area contributed by atoms with Gasteiger partial charge in [0.25, 0.3) is 5.69 Å². The Hall–Kier alpha value is -5.70. The minimum Gasteiger partial charge on any atom is -0.456 e. The number of nitrogens with one attached hydrogen (secondary N) is 1. The monoisotopic (exact) mass is 572 g/mol. The first-order chi connectivity index (χ1) is 21.0. The van der Waals surface area contributed by atoms with Gasteiger partial charge in [-0.3, -0.25) is 15.0 Å². The molecule has 9 nitrogen and oxygen atoms in total. The van der Waals surface area contributed by atoms with Crippen molar-refractivity contribution in [3.8, 4) is 0 Å². The van der Waals surface area contributed by atoms with Gasteiger partial charge in [0.1, 0.15) is 18.3 Å². The van der Waals surface area contributed by atoms with Crippen molar-refractivity contribution in [2.75, 3.05) is 4.90 Å². The largest absolute Gasteiger partial charge is 0.456 e. The van der Waals surface area contributed by atoms with E-state index < -0.39 is 16.9 Å². The molecule has 1 unspecified atom stereocenters. The number of benzene rings is 4. The van der Waals surface area contributed by atoms with Crippen LogP contribution in [0.25, 0.3) is 0 Å². The molecule has 5 aromatic rings. The van der Waals surface area contributed by atoms with Crippen molar-refractivity contribution >= 4 is 23.4 Å². The highest BCUT2D eigenvalue weighted by Gasteiger charge is 2.41. The van der Waals surface area contributed by atoms with Crippen LogP contribution >= 0.6 is 0 Å². The fourth-order valence-corrected chi connectivity index (χ4v) is 5.31. The van der Waals surface area contributed by atoms with Crippen molar-refractivity contribution in [2.45, 2.75) is 25.7 Å². The summed E-state index contributed by atoms with van der Waals surface area (Å²) in [7, 11) is 0. The van der Waals surface area contributed by atoms with E-state index in [9.17, 15) is 19.7 Å². The molecule has 0 radical (unpaired) electrons. The molecule has 9 heteroatoms. The second-order valence-electron chi connectivity index (χ2n) is 10.3. The zero-order valence-electron chi connectivity index (χ0n) is 23.1. The number of carbonyl (C=O) groups is 2. The van der Waals surface area contributed by atoms with Crippen LogP contribution in [0, 0.1) is 10.1 Å². The van der Waals surface area contributed by atoms with Crippen molar-refractivity contribution in [1.82, 2.24) is 9.88 Å². The van der Waals surface area contributed by atoms with Gasteiger partial charge >= 0.3 is 12.0 Å². The molecule has 0 saturated carbocycles. The number of nitrogens with zero attached hydrogens (tertiary/aromatic N) is 3. The summed E-state index contributed by atoms with van der Waals surface area (Å²) >= 11 is 0. The number of carbonyl (C=O) groups excluding carboxylic acids is 2. The number of anilines is 1. The number of rotatable bonds is 9. The summed E-state index contributed by atoms with van der Waals surface area (Å²) in [6.07, 6.45) is 0. The van der Waals surface area contributed by atoms with Gasteiger partial charge in [0.2, 0.25) is 0 Å². The van der Waals surface area contributed by atoms with Gasteiger partial charge in [-0.05, 0) is 40.5 Å². The second-order valence-corrected chi connectivity index (χ2v) is 10.3. The van der Waals surface area contributed by atoms with E-state index in [4.69, 9.17) is 4.74 Å². The van der Waals surface area contributed by atoms with E-state index in [1.807, 2.05) is 91.0 Å². The fraction of sp³-hybridized carbons (Fsp3) is 0.118. The molecule has 2 heterocycles. The van der Waals surface area contributed by atoms with Crippen LogP contribution in [-0.4, -0.2) is 26.8 Å². The number of hydrogen-bond donors (Lipinski definition) is 1. The van der Waals surface area contributed by atoms with Crippen molar-refractivity contribution < 1.29 is 19.2 Å². The fourth-order valence-electron chi connectivity index (χ4n) is 5.31. The molecule has 0 aliphatic carbocycles. The van der Waals surface area contributed by atoms with Gasteiger partial charge in [0, 0.05) is 18.7 Å². The number of hydrogen-bond acceptors (Lipinski definition) is 5. The van der Waals surface area contributed by atoms with Crippen LogP contribution in [0.1, 0.15) is 44.5 Å². The minimum absolute atomic E-state index is 0.0527. The molecule has 1 aliphatic rings. The summed E-state index contributed by atoms with van der Waals surface area (Å²) in [6.45, 7) is 0.655. The van der Waals surface area contributed by atoms with Gasteiger partial charge in [-0.2, -0.15) is 0 Å². The quantitative estimate of drug-likeness (QED) is 0.116. The SMILES string of the molecule is O=C(OCc1ccccc1)c1cc2c([nH]1)C(c1ccc([N+](=O)[O-])cc1)N(Cc1ccccc1)C(=O)N2Cc1ccccc1. The molecule has 0 saturated heterocycles. The van der Waals surface area contributed by atoms with E-state index in [0.29, 0.717) is 16.9 Å². The highest BCUT2D eigenvalue weighted by molar-refractivity contribution is 5.98. The molecule has 0 bridgehead atoms. The van der Waals surface area contributed by atoms with Crippen molar-refractivity contribution in [2.24, 2.45) is 0 Å². The van der Waals surface area contributed by atoms with Gasteiger partial charge in [-0.1, -0.05) is 91.0 Å². The lowest BCUT2D eigenvalue weighted by Crippen LogP contribution is -2.49. The second kappa shape index (κ2) is 12.0. The smallest absolute Gasteiger partial charge is 0.355 e. The Labute approximate surface area is 248 Å². The Morgan fingerprint density at radius 3 is 1.93 bits per heavy atom. The van der Waals surface area contributed by atoms with Crippen LogP contribution in [0.2, 0.25) is 0 Å². The molecule has 2 amide bonds. The van der Waals surface area contributed by atoms with E-state index in [1.165, 1.54) is 12.1 Å². The Morgan fingerprint density at radius 1 is 0.791 bits per heavy atom. The molecule has 0 fully saturated rings. The van der Waals surface area contributed by atoms with Gasteiger partial charge in [0.05, 0.1) is 22.8 Å². The standard InChI is InChI=1S/C34H28N4O5/c39-33(43-23-26-14-8-3-9-15-26)29-20-30-31(35-29)32(27-16-18-28(19-17-27)38(41)42)37(22-25-12-6-2-7-13-25)34(40)36(30)21-24-10-4-1-5-11-24/h1-20,32,35H,21-23H2. The van der Waals surface area contributed by atoms with Crippen LogP contribution < -0.4 is 4.90 Å². The van der Waals surface area contributed by atoms with Gasteiger partial charge in [0.15, 0.2) is 0 Å². The summed E-state index contributed by atoms with van der Waals surface area (Å²) in [6, 6.07) is 35.5. The molecular formula is C34H28N4O5. The third kappa shape index (κ3) is 5.87. The maximum atomic E-state index is 14.4. The summed E-state index contributed by atoms with van der Waals surface area (Å²) in [5.74, 6) is -0.553. The molecular weight excluding hydrogens is 544 g/mol. The van der Waals surface area contributed by atoms with Crippen LogP contribution in [0.3, 0.4) is 0 Å². The topological polar surface area (TPSA) is 109 Å². The first kappa shape index (κ1) is 27.5. The van der Waals surface area contributed by atoms with E-state index in [1.54, 1.807) is 28.0 Å². The molecule has 6 rings (SSSR count). The molecule has 1 N–H and O–H groups in total. The lowest BCUT2D eigenvalue weighted by molar-refractivity contribution is -0.384. The normalized spacial score (nSPS) is 14.3. The molecule has 214 valence electrons. The van der Waals surface area contributed by atoms with E-state index in [2.05, 4.69) is 4.98 Å². The number of aromatic nitrogens is 1. The predicted molar refractivity (Wildman–Crippen MR) is 161 cm³/mol. The number of H-pyrrole nitrogens is 1. The molecule has 1 aromatic heterocycles. The zero-order chi connectivity index (χ0) is 29.8. The molecule has 4 aromatic carbocycles. The maximum Gasteiger partial charge on any atom is 0.355 e.